The zero-order valence-corrected chi connectivity index (χ0v) is 10.8. The number of hydrogen-bond donors (Lipinski definition) is 0. The molecule has 0 amide bonds. The summed E-state index contributed by atoms with van der Waals surface area (Å²) < 4.78 is 0. The molecule has 94 valence electrons. The van der Waals surface area contributed by atoms with Gasteiger partial charge in [0.05, 0.1) is 11.0 Å². The van der Waals surface area contributed by atoms with Crippen molar-refractivity contribution in [2.24, 2.45) is 5.92 Å². The summed E-state index contributed by atoms with van der Waals surface area (Å²) in [6.45, 7) is 5.81. The summed E-state index contributed by atoms with van der Waals surface area (Å²) in [5.41, 5.74) is 3.33. The maximum Gasteiger partial charge on any atom is 0.0890 e. The summed E-state index contributed by atoms with van der Waals surface area (Å²) in [5.74, 6) is 0.894. The van der Waals surface area contributed by atoms with E-state index in [1.807, 2.05) is 0 Å². The topological polar surface area (TPSA) is 29.0 Å². The van der Waals surface area contributed by atoms with E-state index in [1.54, 1.807) is 12.4 Å². The molecule has 1 saturated heterocycles. The van der Waals surface area contributed by atoms with E-state index in [-0.39, 0.29) is 0 Å². The van der Waals surface area contributed by atoms with Gasteiger partial charge in [-0.1, -0.05) is 19.4 Å². The molecule has 1 unspecified atom stereocenters. The average Bonchev–Trinajstić information content (AvgIpc) is 2.86. The van der Waals surface area contributed by atoms with E-state index in [0.717, 1.165) is 23.5 Å². The maximum atomic E-state index is 4.37. The normalized spacial score (nSPS) is 20.6. The van der Waals surface area contributed by atoms with Gasteiger partial charge in [-0.2, -0.15) is 0 Å². The minimum absolute atomic E-state index is 0.894. The molecule has 0 spiro atoms. The van der Waals surface area contributed by atoms with Crippen LogP contribution in [0.25, 0.3) is 11.0 Å². The molecule has 0 bridgehead atoms. The predicted molar refractivity (Wildman–Crippen MR) is 73.2 cm³/mol. The Morgan fingerprint density at radius 1 is 1.22 bits per heavy atom. The Morgan fingerprint density at radius 3 is 2.83 bits per heavy atom. The van der Waals surface area contributed by atoms with Gasteiger partial charge in [-0.3, -0.25) is 14.9 Å². The predicted octanol–water partition coefficient (Wildman–Crippen LogP) is 2.86. The van der Waals surface area contributed by atoms with E-state index in [0.29, 0.717) is 0 Å². The van der Waals surface area contributed by atoms with Crippen molar-refractivity contribution < 1.29 is 0 Å². The summed E-state index contributed by atoms with van der Waals surface area (Å²) in [7, 11) is 0. The summed E-state index contributed by atoms with van der Waals surface area (Å²) in [5, 5.41) is 0. The lowest BCUT2D eigenvalue weighted by Crippen LogP contribution is -2.19. The van der Waals surface area contributed by atoms with E-state index in [2.05, 4.69) is 40.0 Å². The largest absolute Gasteiger partial charge is 0.299 e. The van der Waals surface area contributed by atoms with Gasteiger partial charge in [-0.15, -0.1) is 0 Å². The van der Waals surface area contributed by atoms with Crippen LogP contribution in [-0.4, -0.2) is 28.0 Å². The van der Waals surface area contributed by atoms with Gasteiger partial charge in [0.1, 0.15) is 0 Å². The van der Waals surface area contributed by atoms with Gasteiger partial charge in [-0.05, 0) is 36.6 Å². The van der Waals surface area contributed by atoms with Crippen molar-refractivity contribution in [3.8, 4) is 0 Å². The second kappa shape index (κ2) is 5.02. The van der Waals surface area contributed by atoms with Crippen LogP contribution in [-0.2, 0) is 6.54 Å². The third-order valence-corrected chi connectivity index (χ3v) is 3.89. The Hall–Kier alpha value is -1.48. The van der Waals surface area contributed by atoms with Crippen molar-refractivity contribution in [3.05, 3.63) is 36.2 Å². The molecule has 1 aliphatic heterocycles. The molecule has 1 fully saturated rings. The quantitative estimate of drug-likeness (QED) is 0.827. The third-order valence-electron chi connectivity index (χ3n) is 3.89. The lowest BCUT2D eigenvalue weighted by atomic mass is 10.1. The van der Waals surface area contributed by atoms with E-state index < -0.39 is 0 Å². The highest BCUT2D eigenvalue weighted by atomic mass is 15.1. The minimum Gasteiger partial charge on any atom is -0.299 e. The van der Waals surface area contributed by atoms with Gasteiger partial charge in [0.15, 0.2) is 0 Å². The molecule has 1 atom stereocenters. The van der Waals surface area contributed by atoms with Gasteiger partial charge in [0.2, 0.25) is 0 Å². The third kappa shape index (κ3) is 2.36. The molecule has 18 heavy (non-hydrogen) atoms. The molecule has 3 heteroatoms. The summed E-state index contributed by atoms with van der Waals surface area (Å²) in [6.07, 6.45) is 6.16. The average molecular weight is 241 g/mol. The number of hydrogen-bond acceptors (Lipinski definition) is 3. The second-order valence-electron chi connectivity index (χ2n) is 5.18. The zero-order chi connectivity index (χ0) is 12.4. The van der Waals surface area contributed by atoms with Crippen LogP contribution in [0.3, 0.4) is 0 Å². The van der Waals surface area contributed by atoms with Crippen molar-refractivity contribution in [2.45, 2.75) is 26.3 Å². The highest BCUT2D eigenvalue weighted by molar-refractivity contribution is 5.74. The fraction of sp³-hybridized carbons (Fsp3) is 0.467. The van der Waals surface area contributed by atoms with E-state index in [9.17, 15) is 0 Å². The monoisotopic (exact) mass is 241 g/mol. The molecule has 3 rings (SSSR count). The molecule has 2 heterocycles. The van der Waals surface area contributed by atoms with Gasteiger partial charge in [0.25, 0.3) is 0 Å². The standard InChI is InChI=1S/C15H19N3/c1-2-12-5-8-18(10-12)11-13-3-4-14-15(9-13)17-7-6-16-14/h3-4,6-7,9,12H,2,5,8,10-11H2,1H3. The van der Waals surface area contributed by atoms with E-state index in [1.165, 1.54) is 31.5 Å². The Labute approximate surface area is 108 Å². The molecular weight excluding hydrogens is 222 g/mol. The smallest absolute Gasteiger partial charge is 0.0890 e. The molecule has 1 aromatic heterocycles. The van der Waals surface area contributed by atoms with E-state index in [4.69, 9.17) is 0 Å². The zero-order valence-electron chi connectivity index (χ0n) is 10.8. The Balaban J connectivity index is 1.75. The number of fused-ring (bicyclic) bond motifs is 1. The molecule has 3 nitrogen and oxygen atoms in total. The lowest BCUT2D eigenvalue weighted by molar-refractivity contribution is 0.315. The van der Waals surface area contributed by atoms with Crippen LogP contribution in [0.5, 0.6) is 0 Å². The van der Waals surface area contributed by atoms with Crippen molar-refractivity contribution in [3.63, 3.8) is 0 Å². The fourth-order valence-electron chi connectivity index (χ4n) is 2.76. The van der Waals surface area contributed by atoms with Crippen LogP contribution < -0.4 is 0 Å². The summed E-state index contributed by atoms with van der Waals surface area (Å²) >= 11 is 0. The van der Waals surface area contributed by atoms with E-state index >= 15 is 0 Å². The molecule has 0 aliphatic carbocycles. The number of likely N-dealkylation sites (tertiary alicyclic amines) is 1. The van der Waals surface area contributed by atoms with Gasteiger partial charge < -0.3 is 0 Å². The molecule has 0 N–H and O–H groups in total. The first-order valence-electron chi connectivity index (χ1n) is 6.77. The number of rotatable bonds is 3. The highest BCUT2D eigenvalue weighted by Gasteiger charge is 2.20. The minimum atomic E-state index is 0.894. The van der Waals surface area contributed by atoms with Crippen LogP contribution in [0.1, 0.15) is 25.3 Å². The first-order chi connectivity index (χ1) is 8.85. The van der Waals surface area contributed by atoms with Crippen molar-refractivity contribution in [2.75, 3.05) is 13.1 Å². The van der Waals surface area contributed by atoms with Gasteiger partial charge in [0, 0.05) is 25.5 Å². The van der Waals surface area contributed by atoms with Crippen molar-refractivity contribution >= 4 is 11.0 Å². The SMILES string of the molecule is CCC1CCN(Cc2ccc3nccnc3c2)C1. The Bertz CT molecular complexity index is 538. The van der Waals surface area contributed by atoms with Gasteiger partial charge in [-0.25, -0.2) is 0 Å². The molecule has 1 aromatic carbocycles. The van der Waals surface area contributed by atoms with Crippen LogP contribution in [0.4, 0.5) is 0 Å². The number of nitrogens with zero attached hydrogens (tertiary/aromatic N) is 3. The second-order valence-corrected chi connectivity index (χ2v) is 5.18. The number of aromatic nitrogens is 2. The Kier molecular flexibility index (Phi) is 3.24. The van der Waals surface area contributed by atoms with Crippen LogP contribution >= 0.6 is 0 Å². The first kappa shape index (κ1) is 11.6. The Morgan fingerprint density at radius 2 is 2.06 bits per heavy atom. The molecule has 0 saturated carbocycles. The maximum absolute atomic E-state index is 4.37. The highest BCUT2D eigenvalue weighted by Crippen LogP contribution is 2.21. The van der Waals surface area contributed by atoms with Gasteiger partial charge >= 0.3 is 0 Å². The molecule has 1 aliphatic rings. The van der Waals surface area contributed by atoms with Crippen molar-refractivity contribution in [1.29, 1.82) is 0 Å². The number of benzene rings is 1. The van der Waals surface area contributed by atoms with Crippen LogP contribution in [0.15, 0.2) is 30.6 Å². The summed E-state index contributed by atoms with van der Waals surface area (Å²) in [6, 6.07) is 6.42. The molecular formula is C15H19N3. The summed E-state index contributed by atoms with van der Waals surface area (Å²) in [4.78, 5) is 11.2. The van der Waals surface area contributed by atoms with Crippen LogP contribution in [0.2, 0.25) is 0 Å². The fourth-order valence-corrected chi connectivity index (χ4v) is 2.76. The first-order valence-corrected chi connectivity index (χ1v) is 6.77. The molecule has 2 aromatic rings. The molecule has 0 radical (unpaired) electrons. The van der Waals surface area contributed by atoms with Crippen LogP contribution in [0, 0.1) is 5.92 Å². The lowest BCUT2D eigenvalue weighted by Gasteiger charge is -2.15. The van der Waals surface area contributed by atoms with Crippen molar-refractivity contribution in [1.82, 2.24) is 14.9 Å².